The number of rotatable bonds is 2. The van der Waals surface area contributed by atoms with E-state index < -0.39 is 10.1 Å². The molecule has 0 aliphatic heterocycles. The lowest BCUT2D eigenvalue weighted by Gasteiger charge is -1.93. The van der Waals surface area contributed by atoms with Gasteiger partial charge in [0.25, 0.3) is 10.1 Å². The van der Waals surface area contributed by atoms with E-state index in [-0.39, 0.29) is 6.61 Å². The summed E-state index contributed by atoms with van der Waals surface area (Å²) in [6.45, 7) is -0.185. The Morgan fingerprint density at radius 1 is 1.38 bits per heavy atom. The largest absolute Gasteiger partial charge is 0.265 e. The van der Waals surface area contributed by atoms with Gasteiger partial charge in [-0.05, 0) is 18.2 Å². The molecular weight excluding hydrogens is 226 g/mol. The van der Waals surface area contributed by atoms with Gasteiger partial charge in [-0.2, -0.15) is 13.7 Å². The van der Waals surface area contributed by atoms with Crippen LogP contribution in [0.2, 0.25) is 0 Å². The van der Waals surface area contributed by atoms with E-state index in [2.05, 4.69) is 16.0 Å². The van der Waals surface area contributed by atoms with Crippen molar-refractivity contribution < 1.29 is 12.6 Å². The van der Waals surface area contributed by atoms with Gasteiger partial charge in [-0.1, -0.05) is 17.9 Å². The highest BCUT2D eigenvalue weighted by molar-refractivity contribution is 7.85. The second kappa shape index (κ2) is 5.32. The van der Waals surface area contributed by atoms with Crippen LogP contribution >= 0.6 is 0 Å². The van der Waals surface area contributed by atoms with Crippen LogP contribution < -0.4 is 0 Å². The van der Waals surface area contributed by atoms with E-state index in [1.54, 1.807) is 24.3 Å². The first-order valence-corrected chi connectivity index (χ1v) is 6.16. The molecule has 0 spiro atoms. The summed E-state index contributed by atoms with van der Waals surface area (Å²) in [7, 11) is -3.45. The molecule has 0 radical (unpaired) electrons. The smallest absolute Gasteiger partial charge is 0.257 e. The van der Waals surface area contributed by atoms with Crippen molar-refractivity contribution in [2.75, 3.05) is 12.9 Å². The molecule has 0 heterocycles. The number of nitriles is 1. The number of benzene rings is 1. The minimum atomic E-state index is -3.45. The van der Waals surface area contributed by atoms with Crippen molar-refractivity contribution in [1.29, 1.82) is 5.26 Å². The molecule has 0 aliphatic rings. The highest BCUT2D eigenvalue weighted by atomic mass is 32.2. The Morgan fingerprint density at radius 2 is 2.06 bits per heavy atom. The molecule has 0 aliphatic carbocycles. The third-order valence-corrected chi connectivity index (χ3v) is 2.12. The monoisotopic (exact) mass is 235 g/mol. The molecule has 4 nitrogen and oxygen atoms in total. The summed E-state index contributed by atoms with van der Waals surface area (Å²) in [4.78, 5) is 0. The number of hydrogen-bond acceptors (Lipinski definition) is 4. The fourth-order valence-corrected chi connectivity index (χ4v) is 1.21. The van der Waals surface area contributed by atoms with Gasteiger partial charge >= 0.3 is 0 Å². The summed E-state index contributed by atoms with van der Waals surface area (Å²) in [5.41, 5.74) is 1.16. The lowest BCUT2D eigenvalue weighted by Crippen LogP contribution is -2.02. The summed E-state index contributed by atoms with van der Waals surface area (Å²) in [6.07, 6.45) is 0.963. The molecule has 0 saturated carbocycles. The van der Waals surface area contributed by atoms with Crippen molar-refractivity contribution in [3.8, 4) is 17.9 Å². The molecule has 0 fully saturated rings. The standard InChI is InChI=1S/C11H9NO3S/c1-16(13,14)15-7-3-6-10-4-2-5-11(8-10)9-12/h2,4-5,8H,7H2,1H3. The average molecular weight is 235 g/mol. The van der Waals surface area contributed by atoms with E-state index in [1.807, 2.05) is 6.07 Å². The quantitative estimate of drug-likeness (QED) is 0.564. The first kappa shape index (κ1) is 12.3. The Labute approximate surface area is 94.6 Å². The van der Waals surface area contributed by atoms with Crippen LogP contribution in [0.4, 0.5) is 0 Å². The lowest BCUT2D eigenvalue weighted by atomic mass is 10.1. The number of hydrogen-bond donors (Lipinski definition) is 0. The second-order valence-corrected chi connectivity index (χ2v) is 4.60. The van der Waals surface area contributed by atoms with Crippen LogP contribution in [0.25, 0.3) is 0 Å². The van der Waals surface area contributed by atoms with Gasteiger partial charge in [-0.15, -0.1) is 0 Å². The molecule has 82 valence electrons. The molecule has 0 unspecified atom stereocenters. The molecule has 0 atom stereocenters. The molecule has 1 rings (SSSR count). The Morgan fingerprint density at radius 3 is 2.69 bits per heavy atom. The normalized spacial score (nSPS) is 10.0. The third-order valence-electron chi connectivity index (χ3n) is 1.57. The van der Waals surface area contributed by atoms with E-state index in [0.717, 1.165) is 6.26 Å². The fraction of sp³-hybridized carbons (Fsp3) is 0.182. The van der Waals surface area contributed by atoms with Crippen LogP contribution in [0.3, 0.4) is 0 Å². The first-order chi connectivity index (χ1) is 7.51. The van der Waals surface area contributed by atoms with Gasteiger partial charge in [0.1, 0.15) is 6.61 Å². The maximum Gasteiger partial charge on any atom is 0.265 e. The van der Waals surface area contributed by atoms with E-state index in [4.69, 9.17) is 5.26 Å². The van der Waals surface area contributed by atoms with Crippen LogP contribution in [0.1, 0.15) is 11.1 Å². The van der Waals surface area contributed by atoms with Crippen LogP contribution in [0, 0.1) is 23.2 Å². The SMILES string of the molecule is CS(=O)(=O)OCC#Cc1cccc(C#N)c1. The second-order valence-electron chi connectivity index (χ2n) is 2.96. The van der Waals surface area contributed by atoms with Crippen molar-refractivity contribution in [2.45, 2.75) is 0 Å². The van der Waals surface area contributed by atoms with Gasteiger partial charge in [-0.25, -0.2) is 0 Å². The molecule has 5 heteroatoms. The summed E-state index contributed by atoms with van der Waals surface area (Å²) in [5, 5.41) is 8.64. The van der Waals surface area contributed by atoms with Gasteiger partial charge < -0.3 is 0 Å². The van der Waals surface area contributed by atoms with E-state index in [0.29, 0.717) is 11.1 Å². The van der Waals surface area contributed by atoms with Crippen LogP contribution in [-0.2, 0) is 14.3 Å². The molecule has 1 aromatic carbocycles. The van der Waals surface area contributed by atoms with E-state index >= 15 is 0 Å². The van der Waals surface area contributed by atoms with Gasteiger partial charge in [0.05, 0.1) is 17.9 Å². The molecule has 0 bridgehead atoms. The predicted octanol–water partition coefficient (Wildman–Crippen LogP) is 0.886. The van der Waals surface area contributed by atoms with Crippen LogP contribution in [-0.4, -0.2) is 21.3 Å². The molecule has 0 N–H and O–H groups in total. The van der Waals surface area contributed by atoms with Crippen molar-refractivity contribution in [3.63, 3.8) is 0 Å². The molecule has 0 aromatic heterocycles. The molecule has 0 saturated heterocycles. The minimum absolute atomic E-state index is 0.185. The Bertz CT molecular complexity index is 573. The Hall–Kier alpha value is -1.82. The van der Waals surface area contributed by atoms with Crippen molar-refractivity contribution in [3.05, 3.63) is 35.4 Å². The van der Waals surface area contributed by atoms with E-state index in [1.165, 1.54) is 0 Å². The molecular formula is C11H9NO3S. The fourth-order valence-electron chi connectivity index (χ4n) is 0.941. The average Bonchev–Trinajstić information content (AvgIpc) is 2.23. The summed E-state index contributed by atoms with van der Waals surface area (Å²) < 4.78 is 25.7. The summed E-state index contributed by atoms with van der Waals surface area (Å²) >= 11 is 0. The maximum absolute atomic E-state index is 10.6. The zero-order chi connectivity index (χ0) is 12.0. The zero-order valence-electron chi connectivity index (χ0n) is 8.60. The topological polar surface area (TPSA) is 67.2 Å². The summed E-state index contributed by atoms with van der Waals surface area (Å²) in [6, 6.07) is 8.71. The highest BCUT2D eigenvalue weighted by Gasteiger charge is 1.97. The Kier molecular flexibility index (Phi) is 4.07. The van der Waals surface area contributed by atoms with Gasteiger partial charge in [-0.3, -0.25) is 4.18 Å². The van der Waals surface area contributed by atoms with Gasteiger partial charge in [0.2, 0.25) is 0 Å². The lowest BCUT2D eigenvalue weighted by molar-refractivity contribution is 0.368. The third kappa shape index (κ3) is 4.61. The zero-order valence-corrected chi connectivity index (χ0v) is 9.41. The minimum Gasteiger partial charge on any atom is -0.257 e. The molecule has 16 heavy (non-hydrogen) atoms. The van der Waals surface area contributed by atoms with E-state index in [9.17, 15) is 8.42 Å². The van der Waals surface area contributed by atoms with Crippen LogP contribution in [0.15, 0.2) is 24.3 Å². The van der Waals surface area contributed by atoms with Gasteiger partial charge in [0, 0.05) is 5.56 Å². The number of nitrogens with zero attached hydrogens (tertiary/aromatic N) is 1. The van der Waals surface area contributed by atoms with Crippen molar-refractivity contribution in [1.82, 2.24) is 0 Å². The van der Waals surface area contributed by atoms with Gasteiger partial charge in [0.15, 0.2) is 0 Å². The predicted molar refractivity (Wildman–Crippen MR) is 58.8 cm³/mol. The highest BCUT2D eigenvalue weighted by Crippen LogP contribution is 2.01. The van der Waals surface area contributed by atoms with Crippen molar-refractivity contribution in [2.24, 2.45) is 0 Å². The van der Waals surface area contributed by atoms with Crippen molar-refractivity contribution >= 4 is 10.1 Å². The Balaban J connectivity index is 2.67. The summed E-state index contributed by atoms with van der Waals surface area (Å²) in [5.74, 6) is 5.25. The molecule has 1 aromatic rings. The molecule has 0 amide bonds. The first-order valence-electron chi connectivity index (χ1n) is 4.35. The van der Waals surface area contributed by atoms with Crippen LogP contribution in [0.5, 0.6) is 0 Å². The maximum atomic E-state index is 10.6.